The fourth-order valence-electron chi connectivity index (χ4n) is 4.32. The van der Waals surface area contributed by atoms with E-state index in [2.05, 4.69) is 27.0 Å². The normalized spacial score (nSPS) is 21.3. The lowest BCUT2D eigenvalue weighted by atomic mass is 9.85. The number of nitrogens with two attached hydrogens (primary N) is 3. The van der Waals surface area contributed by atoms with E-state index in [1.807, 2.05) is 44.6 Å². The van der Waals surface area contributed by atoms with Crippen LogP contribution in [0, 0.1) is 5.92 Å². The second-order valence-electron chi connectivity index (χ2n) is 8.51. The lowest BCUT2D eigenvalue weighted by Crippen LogP contribution is -2.38. The first-order chi connectivity index (χ1) is 15.0. The summed E-state index contributed by atoms with van der Waals surface area (Å²) >= 11 is 0. The summed E-state index contributed by atoms with van der Waals surface area (Å²) in [7, 11) is 1.86. The van der Waals surface area contributed by atoms with Crippen molar-refractivity contribution in [1.29, 1.82) is 0 Å². The van der Waals surface area contributed by atoms with Crippen LogP contribution < -0.4 is 33.2 Å². The third kappa shape index (κ3) is 6.28. The minimum Gasteiger partial charge on any atom is -0.404 e. The summed E-state index contributed by atoms with van der Waals surface area (Å²) in [5, 5.41) is 9.84. The van der Waals surface area contributed by atoms with Crippen molar-refractivity contribution in [3.8, 4) is 0 Å². The van der Waals surface area contributed by atoms with E-state index in [-0.39, 0.29) is 12.2 Å². The number of pyridine rings is 1. The maximum absolute atomic E-state index is 6.29. The number of fused-ring (bicyclic) bond motifs is 1. The molecule has 0 aromatic carbocycles. The molecule has 1 aliphatic carbocycles. The van der Waals surface area contributed by atoms with E-state index < -0.39 is 0 Å². The van der Waals surface area contributed by atoms with Gasteiger partial charge in [-0.3, -0.25) is 4.98 Å². The number of hydrogen-bond donors (Lipinski definition) is 6. The Balaban J connectivity index is 1.66. The van der Waals surface area contributed by atoms with Gasteiger partial charge in [-0.25, -0.2) is 0 Å². The summed E-state index contributed by atoms with van der Waals surface area (Å²) in [6.45, 7) is 1.96. The fraction of sp³-hybridized carbons (Fsp3) is 0.458. The summed E-state index contributed by atoms with van der Waals surface area (Å²) in [5.41, 5.74) is 23.2. The molecular weight excluding hydrogens is 386 g/mol. The third-order valence-electron chi connectivity index (χ3n) is 5.93. The predicted molar refractivity (Wildman–Crippen MR) is 130 cm³/mol. The average Bonchev–Trinajstić information content (AvgIpc) is 2.77. The predicted octanol–water partition coefficient (Wildman–Crippen LogP) is 2.96. The van der Waals surface area contributed by atoms with Gasteiger partial charge in [0, 0.05) is 31.0 Å². The van der Waals surface area contributed by atoms with Crippen LogP contribution >= 0.6 is 0 Å². The first kappa shape index (κ1) is 22.7. The van der Waals surface area contributed by atoms with Crippen molar-refractivity contribution in [2.75, 3.05) is 12.4 Å². The summed E-state index contributed by atoms with van der Waals surface area (Å²) in [5.74, 6) is 1.30. The van der Waals surface area contributed by atoms with Crippen molar-refractivity contribution in [2.45, 2.75) is 57.7 Å². The van der Waals surface area contributed by atoms with Gasteiger partial charge < -0.3 is 33.2 Å². The Morgan fingerprint density at radius 2 is 2.10 bits per heavy atom. The van der Waals surface area contributed by atoms with E-state index in [0.29, 0.717) is 11.7 Å². The van der Waals surface area contributed by atoms with E-state index in [1.54, 1.807) is 6.20 Å². The van der Waals surface area contributed by atoms with Crippen LogP contribution in [-0.4, -0.2) is 24.2 Å². The first-order valence-corrected chi connectivity index (χ1v) is 11.2. The molecule has 7 heteroatoms. The Hall–Kier alpha value is -2.93. The molecule has 2 unspecified atom stereocenters. The molecule has 2 atom stereocenters. The molecule has 9 N–H and O–H groups in total. The highest BCUT2D eigenvalue weighted by atomic mass is 15.2. The van der Waals surface area contributed by atoms with Crippen LogP contribution in [0.1, 0.15) is 56.7 Å². The number of rotatable bonds is 8. The van der Waals surface area contributed by atoms with Gasteiger partial charge in [0.05, 0.1) is 17.2 Å². The van der Waals surface area contributed by atoms with Crippen LogP contribution in [0.25, 0.3) is 11.6 Å². The maximum atomic E-state index is 6.29. The highest BCUT2D eigenvalue weighted by molar-refractivity contribution is 5.75. The van der Waals surface area contributed by atoms with Gasteiger partial charge in [-0.1, -0.05) is 32.1 Å². The average molecular weight is 424 g/mol. The monoisotopic (exact) mass is 423 g/mol. The molecule has 1 fully saturated rings. The largest absolute Gasteiger partial charge is 0.404 e. The molecule has 7 nitrogen and oxygen atoms in total. The maximum Gasteiger partial charge on any atom is 0.117 e. The minimum absolute atomic E-state index is 0.107. The van der Waals surface area contributed by atoms with Gasteiger partial charge in [-0.15, -0.1) is 0 Å². The molecule has 1 aromatic heterocycles. The molecule has 0 radical (unpaired) electrons. The Bertz CT molecular complexity index is 861. The van der Waals surface area contributed by atoms with Crippen molar-refractivity contribution in [3.05, 3.63) is 59.5 Å². The summed E-state index contributed by atoms with van der Waals surface area (Å²) < 4.78 is 0. The zero-order valence-electron chi connectivity index (χ0n) is 18.7. The Morgan fingerprint density at radius 3 is 2.77 bits per heavy atom. The smallest absolute Gasteiger partial charge is 0.117 e. The molecule has 0 saturated heterocycles. The van der Waals surface area contributed by atoms with Crippen molar-refractivity contribution in [3.63, 3.8) is 0 Å². The molecule has 3 rings (SSSR count). The van der Waals surface area contributed by atoms with Crippen molar-refractivity contribution in [1.82, 2.24) is 15.6 Å². The molecule has 1 saturated carbocycles. The van der Waals surface area contributed by atoms with Crippen LogP contribution in [0.3, 0.4) is 0 Å². The highest BCUT2D eigenvalue weighted by Gasteiger charge is 2.17. The van der Waals surface area contributed by atoms with Gasteiger partial charge >= 0.3 is 0 Å². The van der Waals surface area contributed by atoms with E-state index in [0.717, 1.165) is 34.5 Å². The Kier molecular flexibility index (Phi) is 8.00. The van der Waals surface area contributed by atoms with Gasteiger partial charge in [0.2, 0.25) is 0 Å². The van der Waals surface area contributed by atoms with Gasteiger partial charge in [0.25, 0.3) is 0 Å². The lowest BCUT2D eigenvalue weighted by molar-refractivity contribution is 0.357. The molecule has 168 valence electrons. The number of nitrogens with zero attached hydrogens (tertiary/aromatic N) is 1. The van der Waals surface area contributed by atoms with E-state index in [4.69, 9.17) is 17.2 Å². The van der Waals surface area contributed by atoms with Crippen molar-refractivity contribution < 1.29 is 0 Å². The van der Waals surface area contributed by atoms with Gasteiger partial charge in [0.15, 0.2) is 0 Å². The van der Waals surface area contributed by atoms with E-state index >= 15 is 0 Å². The molecule has 31 heavy (non-hydrogen) atoms. The third-order valence-corrected chi connectivity index (χ3v) is 5.93. The van der Waals surface area contributed by atoms with Crippen LogP contribution in [0.5, 0.6) is 0 Å². The van der Waals surface area contributed by atoms with Gasteiger partial charge in [0.1, 0.15) is 6.17 Å². The van der Waals surface area contributed by atoms with Crippen LogP contribution in [0.15, 0.2) is 48.2 Å². The van der Waals surface area contributed by atoms with Gasteiger partial charge in [-0.2, -0.15) is 0 Å². The molecule has 2 heterocycles. The van der Waals surface area contributed by atoms with E-state index in [1.165, 1.54) is 32.1 Å². The fourth-order valence-corrected chi connectivity index (χ4v) is 4.32. The Labute approximate surface area is 185 Å². The molecule has 1 aliphatic heterocycles. The number of aromatic nitrogens is 1. The summed E-state index contributed by atoms with van der Waals surface area (Å²) in [6, 6.07) is 1.96. The van der Waals surface area contributed by atoms with Gasteiger partial charge in [-0.05, 0) is 60.9 Å². The number of hydrogen-bond acceptors (Lipinski definition) is 7. The van der Waals surface area contributed by atoms with Crippen LogP contribution in [0.2, 0.25) is 0 Å². The minimum atomic E-state index is -0.137. The highest BCUT2D eigenvalue weighted by Crippen LogP contribution is 2.29. The summed E-state index contributed by atoms with van der Waals surface area (Å²) in [4.78, 5) is 4.57. The van der Waals surface area contributed by atoms with Crippen LogP contribution in [0.4, 0.5) is 5.69 Å². The number of anilines is 1. The molecule has 0 spiro atoms. The second kappa shape index (κ2) is 10.9. The SMILES string of the molecule is CN/C=C(/c1cnc2c(c1)NC(N/C(N)=C/C(=C\N)CC1CCCCC1)C=C2)C(C)N. The topological polar surface area (TPSA) is 127 Å². The zero-order chi connectivity index (χ0) is 22.2. The van der Waals surface area contributed by atoms with Crippen molar-refractivity contribution >= 4 is 17.3 Å². The molecule has 1 aromatic rings. The van der Waals surface area contributed by atoms with Crippen molar-refractivity contribution in [2.24, 2.45) is 23.1 Å². The summed E-state index contributed by atoms with van der Waals surface area (Å²) in [6.07, 6.45) is 18.8. The lowest BCUT2D eigenvalue weighted by Gasteiger charge is -2.25. The molecular formula is C24H37N7. The quantitative estimate of drug-likeness (QED) is 0.355. The Morgan fingerprint density at radius 1 is 1.32 bits per heavy atom. The molecule has 0 amide bonds. The van der Waals surface area contributed by atoms with Crippen LogP contribution in [-0.2, 0) is 0 Å². The number of nitrogens with one attached hydrogen (secondary N) is 3. The number of allylic oxidation sites excluding steroid dienone is 2. The zero-order valence-corrected chi connectivity index (χ0v) is 18.7. The molecule has 0 bridgehead atoms. The first-order valence-electron chi connectivity index (χ1n) is 11.2. The molecule has 2 aliphatic rings. The standard InChI is InChI=1S/C24H37N7/c1-16(26)20(15-28-2)19-12-22-21(29-14-19)8-9-24(30-22)31-23(27)11-18(13-25)10-17-6-4-3-5-7-17/h8-9,11-17,24,28,30-31H,3-7,10,25-27H2,1-2H3/b18-13-,20-15+,23-11+. The van der Waals surface area contributed by atoms with E-state index in [9.17, 15) is 0 Å². The second-order valence-corrected chi connectivity index (χ2v) is 8.51.